The summed E-state index contributed by atoms with van der Waals surface area (Å²) in [5, 5.41) is 13.2. The van der Waals surface area contributed by atoms with Crippen molar-refractivity contribution in [3.8, 4) is 11.8 Å². The molecule has 25 heavy (non-hydrogen) atoms. The van der Waals surface area contributed by atoms with E-state index in [1.54, 1.807) is 11.3 Å². The number of thiophene rings is 1. The number of hydrogen-bond donors (Lipinski definition) is 1. The fourth-order valence-electron chi connectivity index (χ4n) is 3.14. The second-order valence-electron chi connectivity index (χ2n) is 6.48. The van der Waals surface area contributed by atoms with Crippen molar-refractivity contribution in [2.24, 2.45) is 5.92 Å². The zero-order valence-electron chi connectivity index (χ0n) is 14.5. The van der Waals surface area contributed by atoms with Crippen LogP contribution in [0, 0.1) is 17.2 Å². The van der Waals surface area contributed by atoms with E-state index in [0.717, 1.165) is 24.8 Å². The molecule has 4 nitrogen and oxygen atoms in total. The lowest BCUT2D eigenvalue weighted by Crippen LogP contribution is -2.32. The number of carbonyl (C=O) groups is 1. The SMILES string of the molecule is CCC(Oc1ccccc1)C(=O)Nc1sc2c(c1C#N)CCC(C)C2. The summed E-state index contributed by atoms with van der Waals surface area (Å²) in [7, 11) is 0. The number of nitrogens with zero attached hydrogens (tertiary/aromatic N) is 1. The molecule has 0 saturated heterocycles. The molecule has 1 aliphatic rings. The maximum atomic E-state index is 12.7. The third kappa shape index (κ3) is 3.85. The highest BCUT2D eigenvalue weighted by Gasteiger charge is 2.26. The highest BCUT2D eigenvalue weighted by molar-refractivity contribution is 7.16. The number of anilines is 1. The van der Waals surface area contributed by atoms with Crippen LogP contribution in [0.3, 0.4) is 0 Å². The number of rotatable bonds is 5. The number of fused-ring (bicyclic) bond motifs is 1. The van der Waals surface area contributed by atoms with Crippen molar-refractivity contribution in [1.82, 2.24) is 0 Å². The molecule has 1 heterocycles. The van der Waals surface area contributed by atoms with Crippen molar-refractivity contribution >= 4 is 22.2 Å². The maximum Gasteiger partial charge on any atom is 0.266 e. The van der Waals surface area contributed by atoms with Gasteiger partial charge in [-0.2, -0.15) is 5.26 Å². The molecule has 3 rings (SSSR count). The largest absolute Gasteiger partial charge is 0.481 e. The van der Waals surface area contributed by atoms with E-state index >= 15 is 0 Å². The number of nitriles is 1. The van der Waals surface area contributed by atoms with Crippen molar-refractivity contribution in [3.63, 3.8) is 0 Å². The standard InChI is InChI=1S/C20H22N2O2S/c1-3-17(24-14-7-5-4-6-8-14)19(23)22-20-16(12-21)15-10-9-13(2)11-18(15)25-20/h4-8,13,17H,3,9-11H2,1-2H3,(H,22,23). The Morgan fingerprint density at radius 2 is 2.20 bits per heavy atom. The Morgan fingerprint density at radius 3 is 2.88 bits per heavy atom. The molecular weight excluding hydrogens is 332 g/mol. The molecule has 1 aromatic carbocycles. The topological polar surface area (TPSA) is 62.1 Å². The monoisotopic (exact) mass is 354 g/mol. The number of amides is 1. The molecule has 0 aliphatic heterocycles. The summed E-state index contributed by atoms with van der Waals surface area (Å²) in [5.74, 6) is 1.10. The van der Waals surface area contributed by atoms with Crippen LogP contribution in [0.15, 0.2) is 30.3 Å². The van der Waals surface area contributed by atoms with Crippen molar-refractivity contribution in [3.05, 3.63) is 46.3 Å². The Morgan fingerprint density at radius 1 is 1.44 bits per heavy atom. The smallest absolute Gasteiger partial charge is 0.266 e. The maximum absolute atomic E-state index is 12.7. The van der Waals surface area contributed by atoms with E-state index in [2.05, 4.69) is 18.3 Å². The lowest BCUT2D eigenvalue weighted by molar-refractivity contribution is -0.122. The predicted octanol–water partition coefficient (Wildman–Crippen LogP) is 4.54. The van der Waals surface area contributed by atoms with Gasteiger partial charge in [0.05, 0.1) is 5.56 Å². The van der Waals surface area contributed by atoms with Gasteiger partial charge in [0.2, 0.25) is 0 Å². The van der Waals surface area contributed by atoms with E-state index in [-0.39, 0.29) is 5.91 Å². The molecule has 1 N–H and O–H groups in total. The van der Waals surface area contributed by atoms with E-state index in [1.807, 2.05) is 37.3 Å². The number of ether oxygens (including phenoxy) is 1. The van der Waals surface area contributed by atoms with Gasteiger partial charge in [0, 0.05) is 4.88 Å². The van der Waals surface area contributed by atoms with Gasteiger partial charge in [-0.15, -0.1) is 11.3 Å². The van der Waals surface area contributed by atoms with Crippen molar-refractivity contribution in [1.29, 1.82) is 5.26 Å². The van der Waals surface area contributed by atoms with Crippen LogP contribution < -0.4 is 10.1 Å². The molecule has 1 aliphatic carbocycles. The minimum Gasteiger partial charge on any atom is -0.481 e. The first-order chi connectivity index (χ1) is 12.1. The first-order valence-corrected chi connectivity index (χ1v) is 9.51. The highest BCUT2D eigenvalue weighted by atomic mass is 32.1. The van der Waals surface area contributed by atoms with Crippen LogP contribution in [-0.4, -0.2) is 12.0 Å². The summed E-state index contributed by atoms with van der Waals surface area (Å²) in [6, 6.07) is 11.6. The molecule has 2 atom stereocenters. The molecule has 130 valence electrons. The van der Waals surface area contributed by atoms with Gasteiger partial charge >= 0.3 is 0 Å². The molecule has 5 heteroatoms. The quantitative estimate of drug-likeness (QED) is 0.857. The Balaban J connectivity index is 1.77. The average Bonchev–Trinajstić information content (AvgIpc) is 2.96. The van der Waals surface area contributed by atoms with Crippen LogP contribution in [-0.2, 0) is 17.6 Å². The van der Waals surface area contributed by atoms with E-state index in [4.69, 9.17) is 4.74 Å². The van der Waals surface area contributed by atoms with Crippen LogP contribution in [0.25, 0.3) is 0 Å². The van der Waals surface area contributed by atoms with Gasteiger partial charge in [0.1, 0.15) is 16.8 Å². The Bertz CT molecular complexity index is 792. The van der Waals surface area contributed by atoms with Crippen molar-refractivity contribution in [2.45, 2.75) is 45.6 Å². The number of nitrogens with one attached hydrogen (secondary N) is 1. The van der Waals surface area contributed by atoms with Crippen molar-refractivity contribution < 1.29 is 9.53 Å². The van der Waals surface area contributed by atoms with Gasteiger partial charge in [-0.05, 0) is 49.3 Å². The number of hydrogen-bond acceptors (Lipinski definition) is 4. The molecule has 1 aromatic heterocycles. The zero-order chi connectivity index (χ0) is 17.8. The fourth-order valence-corrected chi connectivity index (χ4v) is 4.50. The van der Waals surface area contributed by atoms with Crippen LogP contribution in [0.4, 0.5) is 5.00 Å². The van der Waals surface area contributed by atoms with Gasteiger partial charge in [0.25, 0.3) is 5.91 Å². The molecule has 2 unspecified atom stereocenters. The van der Waals surface area contributed by atoms with Gasteiger partial charge in [-0.25, -0.2) is 0 Å². The van der Waals surface area contributed by atoms with E-state index < -0.39 is 6.10 Å². The predicted molar refractivity (Wildman–Crippen MR) is 100 cm³/mol. The summed E-state index contributed by atoms with van der Waals surface area (Å²) in [4.78, 5) is 13.9. The summed E-state index contributed by atoms with van der Waals surface area (Å²) in [6.07, 6.45) is 2.99. The minimum atomic E-state index is -0.577. The number of benzene rings is 1. The van der Waals surface area contributed by atoms with Crippen LogP contribution in [0.5, 0.6) is 5.75 Å². The number of para-hydroxylation sites is 1. The molecule has 1 amide bonds. The van der Waals surface area contributed by atoms with Gasteiger partial charge in [-0.3, -0.25) is 4.79 Å². The van der Waals surface area contributed by atoms with Gasteiger partial charge in [-0.1, -0.05) is 32.0 Å². The van der Waals surface area contributed by atoms with E-state index in [1.165, 1.54) is 4.88 Å². The number of carbonyl (C=O) groups excluding carboxylic acids is 1. The molecular formula is C20H22N2O2S. The Labute approximate surface area is 152 Å². The van der Waals surface area contributed by atoms with Gasteiger partial charge < -0.3 is 10.1 Å². The first kappa shape index (κ1) is 17.5. The highest BCUT2D eigenvalue weighted by Crippen LogP contribution is 2.39. The summed E-state index contributed by atoms with van der Waals surface area (Å²) in [6.45, 7) is 4.15. The van der Waals surface area contributed by atoms with Crippen LogP contribution in [0.1, 0.15) is 42.7 Å². The second-order valence-corrected chi connectivity index (χ2v) is 7.59. The third-order valence-corrected chi connectivity index (χ3v) is 5.71. The molecule has 0 fully saturated rings. The third-order valence-electron chi connectivity index (χ3n) is 4.54. The lowest BCUT2D eigenvalue weighted by Gasteiger charge is -2.17. The molecule has 2 aromatic rings. The normalized spacial score (nSPS) is 17.2. The Kier molecular flexibility index (Phi) is 5.40. The molecule has 0 radical (unpaired) electrons. The van der Waals surface area contributed by atoms with Gasteiger partial charge in [0.15, 0.2) is 6.10 Å². The average molecular weight is 354 g/mol. The summed E-state index contributed by atoms with van der Waals surface area (Å²) < 4.78 is 5.80. The van der Waals surface area contributed by atoms with E-state index in [0.29, 0.717) is 28.7 Å². The van der Waals surface area contributed by atoms with Crippen LogP contribution >= 0.6 is 11.3 Å². The fraction of sp³-hybridized carbons (Fsp3) is 0.400. The molecule has 0 saturated carbocycles. The Hall–Kier alpha value is -2.32. The lowest BCUT2D eigenvalue weighted by atomic mass is 9.88. The summed E-state index contributed by atoms with van der Waals surface area (Å²) in [5.41, 5.74) is 1.76. The summed E-state index contributed by atoms with van der Waals surface area (Å²) >= 11 is 1.54. The zero-order valence-corrected chi connectivity index (χ0v) is 15.4. The minimum absolute atomic E-state index is 0.200. The van der Waals surface area contributed by atoms with Crippen LogP contribution in [0.2, 0.25) is 0 Å². The van der Waals surface area contributed by atoms with E-state index in [9.17, 15) is 10.1 Å². The second kappa shape index (κ2) is 7.71. The first-order valence-electron chi connectivity index (χ1n) is 8.69. The molecule has 0 bridgehead atoms. The molecule has 0 spiro atoms. The van der Waals surface area contributed by atoms with Crippen molar-refractivity contribution in [2.75, 3.05) is 5.32 Å².